The molecule has 0 unspecified atom stereocenters. The molecule has 0 amide bonds. The Morgan fingerprint density at radius 3 is 2.67 bits per heavy atom. The number of aromatic nitrogens is 2. The average Bonchev–Trinajstić information content (AvgIpc) is 2.33. The van der Waals surface area contributed by atoms with Gasteiger partial charge in [-0.2, -0.15) is 0 Å². The van der Waals surface area contributed by atoms with Crippen molar-refractivity contribution < 1.29 is 9.59 Å². The third kappa shape index (κ3) is 0.861. The van der Waals surface area contributed by atoms with Crippen molar-refractivity contribution in [1.29, 1.82) is 0 Å². The number of imidazole rings is 1. The van der Waals surface area contributed by atoms with Gasteiger partial charge in [-0.05, 0) is 0 Å². The molecule has 44 valence electrons. The van der Waals surface area contributed by atoms with Crippen LogP contribution in [0.1, 0.15) is 11.4 Å². The molecule has 1 N–H and O–H groups in total. The summed E-state index contributed by atoms with van der Waals surface area (Å²) in [6, 6.07) is 0. The largest absolute Gasteiger partial charge is 0.341 e. The zero-order valence-corrected chi connectivity index (χ0v) is 4.34. The molecule has 0 fully saturated rings. The highest BCUT2D eigenvalue weighted by Crippen LogP contribution is 1.92. The first-order chi connectivity index (χ1) is 4.38. The Balaban J connectivity index is 3.12. The second kappa shape index (κ2) is 2.21. The molecule has 9 heavy (non-hydrogen) atoms. The number of nitrogens with zero attached hydrogens (tertiary/aromatic N) is 1. The molecular weight excluding hydrogens is 120 g/mol. The molecule has 1 rings (SSSR count). The summed E-state index contributed by atoms with van der Waals surface area (Å²) in [5.41, 5.74) is 0.0231. The Labute approximate surface area is 50.9 Å². The van der Waals surface area contributed by atoms with E-state index in [0.717, 1.165) is 0 Å². The molecule has 0 aliphatic heterocycles. The quantitative estimate of drug-likeness (QED) is 0.565. The molecule has 2 radical (unpaired) electrons. The zero-order valence-electron chi connectivity index (χ0n) is 4.34. The van der Waals surface area contributed by atoms with E-state index in [1.807, 2.05) is 0 Å². The van der Waals surface area contributed by atoms with Gasteiger partial charge in [0.15, 0.2) is 0 Å². The van der Waals surface area contributed by atoms with Crippen LogP contribution in [-0.4, -0.2) is 22.5 Å². The van der Waals surface area contributed by atoms with Gasteiger partial charge >= 0.3 is 0 Å². The molecule has 0 aromatic carbocycles. The van der Waals surface area contributed by atoms with Gasteiger partial charge in [0.05, 0.1) is 6.33 Å². The number of hydrogen-bond donors (Lipinski definition) is 1. The van der Waals surface area contributed by atoms with Crippen molar-refractivity contribution in [1.82, 2.24) is 9.97 Å². The second-order valence-electron chi connectivity index (χ2n) is 1.33. The Kier molecular flexibility index (Phi) is 1.40. The molecule has 0 spiro atoms. The maximum Gasteiger partial charge on any atom is 0.255 e. The maximum atomic E-state index is 9.87. The Hall–Kier alpha value is -1.45. The third-order valence-electron chi connectivity index (χ3n) is 0.838. The highest BCUT2D eigenvalue weighted by atomic mass is 16.1. The second-order valence-corrected chi connectivity index (χ2v) is 1.33. The van der Waals surface area contributed by atoms with Gasteiger partial charge < -0.3 is 4.98 Å². The van der Waals surface area contributed by atoms with E-state index in [1.165, 1.54) is 18.9 Å². The van der Waals surface area contributed by atoms with Gasteiger partial charge in [0, 0.05) is 0 Å². The van der Waals surface area contributed by atoms with E-state index in [1.54, 1.807) is 0 Å². The molecule has 0 atom stereocenters. The molecule has 1 heterocycles. The molecule has 4 heteroatoms. The smallest absolute Gasteiger partial charge is 0.255 e. The lowest BCUT2D eigenvalue weighted by atomic mass is 10.4. The molecule has 0 saturated carbocycles. The number of aromatic amines is 1. The summed E-state index contributed by atoms with van der Waals surface area (Å²) in [4.78, 5) is 25.6. The van der Waals surface area contributed by atoms with Crippen LogP contribution in [0.15, 0.2) is 6.33 Å². The van der Waals surface area contributed by atoms with Gasteiger partial charge in [-0.1, -0.05) is 0 Å². The van der Waals surface area contributed by atoms with Gasteiger partial charge in [0.1, 0.15) is 11.4 Å². The molecule has 1 aromatic heterocycles. The van der Waals surface area contributed by atoms with Crippen molar-refractivity contribution in [3.8, 4) is 0 Å². The van der Waals surface area contributed by atoms with E-state index < -0.39 is 0 Å². The summed E-state index contributed by atoms with van der Waals surface area (Å²) in [5, 5.41) is 0. The van der Waals surface area contributed by atoms with Gasteiger partial charge in [-0.25, -0.2) is 4.98 Å². The van der Waals surface area contributed by atoms with Crippen LogP contribution in [-0.2, 0) is 9.59 Å². The van der Waals surface area contributed by atoms with Crippen LogP contribution >= 0.6 is 0 Å². The summed E-state index contributed by atoms with van der Waals surface area (Å²) in [7, 11) is 0. The first-order valence-electron chi connectivity index (χ1n) is 2.18. The van der Waals surface area contributed by atoms with E-state index >= 15 is 0 Å². The van der Waals surface area contributed by atoms with Crippen molar-refractivity contribution in [2.45, 2.75) is 0 Å². The van der Waals surface area contributed by atoms with Gasteiger partial charge in [-0.3, -0.25) is 9.59 Å². The highest BCUT2D eigenvalue weighted by molar-refractivity contribution is 5.86. The number of hydrogen-bond acceptors (Lipinski definition) is 3. The Morgan fingerprint density at radius 1 is 1.44 bits per heavy atom. The van der Waals surface area contributed by atoms with Gasteiger partial charge in [0.25, 0.3) is 12.6 Å². The van der Waals surface area contributed by atoms with E-state index in [2.05, 4.69) is 9.97 Å². The molecule has 0 bridgehead atoms. The number of H-pyrrole nitrogens is 1. The highest BCUT2D eigenvalue weighted by Gasteiger charge is 2.02. The van der Waals surface area contributed by atoms with Crippen molar-refractivity contribution in [2.24, 2.45) is 0 Å². The summed E-state index contributed by atoms with van der Waals surface area (Å²) < 4.78 is 0. The van der Waals surface area contributed by atoms with Crippen LogP contribution in [0.3, 0.4) is 0 Å². The minimum absolute atomic E-state index is 0.0231. The van der Waals surface area contributed by atoms with Crippen LogP contribution in [0.4, 0.5) is 0 Å². The van der Waals surface area contributed by atoms with Crippen LogP contribution in [0, 0.1) is 0 Å². The Morgan fingerprint density at radius 2 is 2.22 bits per heavy atom. The van der Waals surface area contributed by atoms with Crippen LogP contribution in [0.2, 0.25) is 0 Å². The molecular formula is C5H2N2O2. The van der Waals surface area contributed by atoms with E-state index in [0.29, 0.717) is 0 Å². The summed E-state index contributed by atoms with van der Waals surface area (Å²) in [6.45, 7) is 0. The third-order valence-corrected chi connectivity index (χ3v) is 0.838. The standard InChI is InChI=1S/C5H2N2O2/c8-1-4-5(2-9)7-3-6-4/h3H,(H,6,7). The van der Waals surface area contributed by atoms with Crippen LogP contribution in [0.25, 0.3) is 0 Å². The molecule has 0 saturated heterocycles. The topological polar surface area (TPSA) is 62.8 Å². The van der Waals surface area contributed by atoms with Crippen molar-refractivity contribution in [3.05, 3.63) is 17.7 Å². The number of carbonyl (C=O) groups excluding carboxylic acids is 2. The molecule has 0 aliphatic rings. The lowest BCUT2D eigenvalue weighted by Gasteiger charge is -1.75. The lowest BCUT2D eigenvalue weighted by molar-refractivity contribution is 0.557. The fourth-order valence-corrected chi connectivity index (χ4v) is 0.449. The van der Waals surface area contributed by atoms with Crippen LogP contribution < -0.4 is 0 Å². The normalized spacial score (nSPS) is 8.89. The van der Waals surface area contributed by atoms with Crippen molar-refractivity contribution >= 4 is 12.6 Å². The van der Waals surface area contributed by atoms with Crippen molar-refractivity contribution in [2.75, 3.05) is 0 Å². The minimum Gasteiger partial charge on any atom is -0.341 e. The summed E-state index contributed by atoms with van der Waals surface area (Å²) in [5.74, 6) is 0. The zero-order chi connectivity index (χ0) is 6.69. The Bertz CT molecular complexity index is 206. The number of nitrogens with one attached hydrogen (secondary N) is 1. The first kappa shape index (κ1) is 5.68. The number of rotatable bonds is 2. The van der Waals surface area contributed by atoms with Crippen LogP contribution in [0.5, 0.6) is 0 Å². The fraction of sp³-hybridized carbons (Fsp3) is 0. The summed E-state index contributed by atoms with van der Waals surface area (Å²) in [6.07, 6.45) is 4.20. The maximum absolute atomic E-state index is 9.87. The summed E-state index contributed by atoms with van der Waals surface area (Å²) >= 11 is 0. The minimum atomic E-state index is -0.0231. The van der Waals surface area contributed by atoms with Gasteiger partial charge in [-0.15, -0.1) is 0 Å². The first-order valence-corrected chi connectivity index (χ1v) is 2.18. The predicted molar refractivity (Wildman–Crippen MR) is 28.2 cm³/mol. The molecule has 4 nitrogen and oxygen atoms in total. The average molecular weight is 122 g/mol. The van der Waals surface area contributed by atoms with Crippen molar-refractivity contribution in [3.63, 3.8) is 0 Å². The van der Waals surface area contributed by atoms with E-state index in [4.69, 9.17) is 0 Å². The monoisotopic (exact) mass is 122 g/mol. The van der Waals surface area contributed by atoms with E-state index in [-0.39, 0.29) is 11.4 Å². The van der Waals surface area contributed by atoms with E-state index in [9.17, 15) is 9.59 Å². The SMILES string of the molecule is O=[C]c1nc[nH]c1[C]=O. The molecule has 0 aliphatic carbocycles. The predicted octanol–water partition coefficient (Wildman–Crippen LogP) is -0.675. The van der Waals surface area contributed by atoms with Gasteiger partial charge in [0.2, 0.25) is 0 Å². The lowest BCUT2D eigenvalue weighted by Crippen LogP contribution is -1.87. The molecule has 1 aromatic rings. The fourth-order valence-electron chi connectivity index (χ4n) is 0.449.